The molecule has 0 N–H and O–H groups in total. The lowest BCUT2D eigenvalue weighted by atomic mass is 9.67. The molecule has 1 aliphatic carbocycles. The number of hydrogen-bond donors (Lipinski definition) is 0. The summed E-state index contributed by atoms with van der Waals surface area (Å²) in [5.74, 6) is 0. The highest BCUT2D eigenvalue weighted by atomic mass is 16.3. The van der Waals surface area contributed by atoms with Gasteiger partial charge in [-0.15, -0.1) is 0 Å². The molecule has 0 atom stereocenters. The summed E-state index contributed by atoms with van der Waals surface area (Å²) in [5.41, 5.74) is 13.9. The Hall–Kier alpha value is -7.28. The van der Waals surface area contributed by atoms with Crippen molar-refractivity contribution in [3.8, 4) is 39.6 Å². The third-order valence-electron chi connectivity index (χ3n) is 11.4. The summed E-state index contributed by atoms with van der Waals surface area (Å²) in [5, 5.41) is 15.5. The Morgan fingerprint density at radius 1 is 0.481 bits per heavy atom. The van der Waals surface area contributed by atoms with Crippen LogP contribution in [0.25, 0.3) is 77.1 Å². The molecule has 250 valence electrons. The fourth-order valence-corrected chi connectivity index (χ4v) is 9.00. The van der Waals surface area contributed by atoms with E-state index in [2.05, 4.69) is 164 Å². The van der Waals surface area contributed by atoms with Crippen molar-refractivity contribution >= 4 is 43.6 Å². The number of hydrogen-bond acceptors (Lipinski definition) is 3. The zero-order valence-corrected chi connectivity index (χ0v) is 29.1. The Morgan fingerprint density at radius 2 is 1.07 bits per heavy atom. The van der Waals surface area contributed by atoms with Gasteiger partial charge >= 0.3 is 0 Å². The number of furan rings is 1. The van der Waals surface area contributed by atoms with E-state index in [-0.39, 0.29) is 0 Å². The molecule has 0 saturated carbocycles. The number of nitrogens with zero attached hydrogens (tertiary/aromatic N) is 2. The first-order chi connectivity index (χ1) is 26.7. The number of aromatic nitrogens is 1. The van der Waals surface area contributed by atoms with Gasteiger partial charge in [-0.05, 0) is 80.9 Å². The molecular formula is C51H30N2O. The van der Waals surface area contributed by atoms with Gasteiger partial charge < -0.3 is 4.42 Å². The van der Waals surface area contributed by atoms with Crippen molar-refractivity contribution in [2.24, 2.45) is 0 Å². The lowest BCUT2D eigenvalue weighted by Gasteiger charge is -2.34. The summed E-state index contributed by atoms with van der Waals surface area (Å²) < 4.78 is 6.64. The SMILES string of the molecule is N#Cc1ccc2c(c1)C(c1ccccc1)(c1ccccc1)c1cc(-c3ccc4c(c3)nc(-c3ccccc3)c3ccc5c6ccccc6oc5c34)ccc1-2. The van der Waals surface area contributed by atoms with E-state index in [1.165, 1.54) is 11.1 Å². The molecule has 11 rings (SSSR count). The molecule has 2 heterocycles. The van der Waals surface area contributed by atoms with Gasteiger partial charge in [0.15, 0.2) is 0 Å². The van der Waals surface area contributed by atoms with Crippen LogP contribution in [0.4, 0.5) is 0 Å². The van der Waals surface area contributed by atoms with Crippen molar-refractivity contribution < 1.29 is 4.42 Å². The van der Waals surface area contributed by atoms with Gasteiger partial charge in [0, 0.05) is 32.5 Å². The second kappa shape index (κ2) is 11.6. The fraction of sp³-hybridized carbons (Fsp3) is 0.0196. The van der Waals surface area contributed by atoms with Crippen molar-refractivity contribution in [1.82, 2.24) is 4.98 Å². The van der Waals surface area contributed by atoms with Gasteiger partial charge in [-0.3, -0.25) is 0 Å². The average Bonchev–Trinajstić information content (AvgIpc) is 3.77. The molecule has 1 aliphatic rings. The van der Waals surface area contributed by atoms with Crippen molar-refractivity contribution in [3.63, 3.8) is 0 Å². The molecule has 0 fully saturated rings. The van der Waals surface area contributed by atoms with E-state index in [0.717, 1.165) is 88.3 Å². The fourth-order valence-electron chi connectivity index (χ4n) is 9.00. The second-order valence-corrected chi connectivity index (χ2v) is 14.1. The van der Waals surface area contributed by atoms with E-state index in [9.17, 15) is 5.26 Å². The third kappa shape index (κ3) is 4.26. The van der Waals surface area contributed by atoms with Crippen LogP contribution in [0.15, 0.2) is 186 Å². The minimum Gasteiger partial charge on any atom is -0.455 e. The van der Waals surface area contributed by atoms with E-state index in [1.54, 1.807) is 0 Å². The van der Waals surface area contributed by atoms with Crippen molar-refractivity contribution in [2.75, 3.05) is 0 Å². The van der Waals surface area contributed by atoms with Gasteiger partial charge in [0.1, 0.15) is 11.2 Å². The summed E-state index contributed by atoms with van der Waals surface area (Å²) in [6, 6.07) is 66.6. The van der Waals surface area contributed by atoms with Crippen LogP contribution in [0.5, 0.6) is 0 Å². The molecule has 3 heteroatoms. The summed E-state index contributed by atoms with van der Waals surface area (Å²) in [7, 11) is 0. The van der Waals surface area contributed by atoms with Crippen LogP contribution in [0.2, 0.25) is 0 Å². The van der Waals surface area contributed by atoms with E-state index in [1.807, 2.05) is 24.3 Å². The first kappa shape index (κ1) is 30.4. The minimum atomic E-state index is -0.616. The normalized spacial score (nSPS) is 12.9. The van der Waals surface area contributed by atoms with Gasteiger partial charge in [0.05, 0.1) is 28.3 Å². The molecule has 0 aliphatic heterocycles. The maximum Gasteiger partial charge on any atom is 0.144 e. The van der Waals surface area contributed by atoms with Crippen LogP contribution < -0.4 is 0 Å². The Bertz CT molecular complexity index is 3120. The molecular weight excluding hydrogens is 657 g/mol. The van der Waals surface area contributed by atoms with E-state index >= 15 is 0 Å². The molecule has 0 amide bonds. The van der Waals surface area contributed by atoms with E-state index in [0.29, 0.717) is 5.56 Å². The Labute approximate surface area is 312 Å². The molecule has 0 spiro atoms. The molecule has 2 aromatic heterocycles. The van der Waals surface area contributed by atoms with Crippen LogP contribution in [0.1, 0.15) is 27.8 Å². The zero-order chi connectivity index (χ0) is 35.8. The Balaban J connectivity index is 1.19. The highest BCUT2D eigenvalue weighted by molar-refractivity contribution is 6.25. The molecule has 0 saturated heterocycles. The smallest absolute Gasteiger partial charge is 0.144 e. The Kier molecular flexibility index (Phi) is 6.53. The molecule has 0 radical (unpaired) electrons. The van der Waals surface area contributed by atoms with Crippen LogP contribution in [0, 0.1) is 11.3 Å². The summed E-state index contributed by atoms with van der Waals surface area (Å²) in [4.78, 5) is 5.40. The van der Waals surface area contributed by atoms with Crippen LogP contribution in [-0.2, 0) is 5.41 Å². The topological polar surface area (TPSA) is 49.8 Å². The highest BCUT2D eigenvalue weighted by Crippen LogP contribution is 2.57. The predicted octanol–water partition coefficient (Wildman–Crippen LogP) is 12.9. The first-order valence-electron chi connectivity index (χ1n) is 18.3. The molecule has 0 bridgehead atoms. The van der Waals surface area contributed by atoms with Crippen molar-refractivity contribution in [3.05, 3.63) is 210 Å². The van der Waals surface area contributed by atoms with Crippen molar-refractivity contribution in [1.29, 1.82) is 5.26 Å². The minimum absolute atomic E-state index is 0.616. The number of nitriles is 1. The Morgan fingerprint density at radius 3 is 1.81 bits per heavy atom. The predicted molar refractivity (Wildman–Crippen MR) is 219 cm³/mol. The van der Waals surface area contributed by atoms with Gasteiger partial charge in [-0.1, -0.05) is 146 Å². The number of pyridine rings is 1. The molecule has 0 unspecified atom stereocenters. The van der Waals surface area contributed by atoms with Gasteiger partial charge in [0.25, 0.3) is 0 Å². The van der Waals surface area contributed by atoms with Gasteiger partial charge in [-0.2, -0.15) is 5.26 Å². The standard InChI is InChI=1S/C51H30N2O/c52-31-32-20-23-38-39-24-21-34(29-45(39)51(44(38)28-32,36-14-6-2-7-15-36)37-16-8-3-9-17-37)35-22-25-42-46(30-35)53-49(33-12-4-1-5-13-33)43-27-26-41-40-18-10-11-19-47(40)54-50(41)48(42)43/h1-30H. The lowest BCUT2D eigenvalue weighted by molar-refractivity contribution is 0.673. The molecule has 8 aromatic carbocycles. The maximum absolute atomic E-state index is 10.1. The van der Waals surface area contributed by atoms with Crippen molar-refractivity contribution in [2.45, 2.75) is 5.41 Å². The summed E-state index contributed by atoms with van der Waals surface area (Å²) >= 11 is 0. The third-order valence-corrected chi connectivity index (χ3v) is 11.4. The monoisotopic (exact) mass is 686 g/mol. The average molecular weight is 687 g/mol. The number of benzene rings is 8. The van der Waals surface area contributed by atoms with Crippen LogP contribution >= 0.6 is 0 Å². The first-order valence-corrected chi connectivity index (χ1v) is 18.3. The second-order valence-electron chi connectivity index (χ2n) is 14.1. The molecule has 10 aromatic rings. The van der Waals surface area contributed by atoms with E-state index in [4.69, 9.17) is 9.40 Å². The lowest BCUT2D eigenvalue weighted by Crippen LogP contribution is -2.28. The van der Waals surface area contributed by atoms with Crippen LogP contribution in [0.3, 0.4) is 0 Å². The summed E-state index contributed by atoms with van der Waals surface area (Å²) in [6.07, 6.45) is 0. The highest BCUT2D eigenvalue weighted by Gasteiger charge is 2.46. The number of rotatable bonds is 4. The maximum atomic E-state index is 10.1. The number of para-hydroxylation sites is 1. The van der Waals surface area contributed by atoms with Crippen LogP contribution in [-0.4, -0.2) is 4.98 Å². The molecule has 3 nitrogen and oxygen atoms in total. The zero-order valence-electron chi connectivity index (χ0n) is 29.1. The summed E-state index contributed by atoms with van der Waals surface area (Å²) in [6.45, 7) is 0. The largest absolute Gasteiger partial charge is 0.455 e. The quantitative estimate of drug-likeness (QED) is 0.173. The van der Waals surface area contributed by atoms with Gasteiger partial charge in [-0.25, -0.2) is 4.98 Å². The molecule has 54 heavy (non-hydrogen) atoms. The van der Waals surface area contributed by atoms with E-state index < -0.39 is 5.41 Å². The van der Waals surface area contributed by atoms with Gasteiger partial charge in [0.2, 0.25) is 0 Å². The number of fused-ring (bicyclic) bond motifs is 10.